The summed E-state index contributed by atoms with van der Waals surface area (Å²) in [5.74, 6) is 0. The van der Waals surface area contributed by atoms with E-state index < -0.39 is 47.0 Å². The molecule has 0 fully saturated rings. The molecule has 0 aliphatic rings. The summed E-state index contributed by atoms with van der Waals surface area (Å²) in [5, 5.41) is 9.46. The Balaban J connectivity index is 3.32. The molecule has 3 nitrogen and oxygen atoms in total. The van der Waals surface area contributed by atoms with Crippen LogP contribution in [-0.2, 0) is 16.9 Å². The van der Waals surface area contributed by atoms with Crippen molar-refractivity contribution in [2.24, 2.45) is 0 Å². The van der Waals surface area contributed by atoms with Crippen LogP contribution in [0.3, 0.4) is 0 Å². The molecule has 138 valence electrons. The van der Waals surface area contributed by atoms with Gasteiger partial charge < -0.3 is 9.66 Å². The molecule has 3 atom stereocenters. The minimum absolute atomic E-state index is 0.167. The van der Waals surface area contributed by atoms with Gasteiger partial charge in [-0.2, -0.15) is 13.2 Å². The highest BCUT2D eigenvalue weighted by molar-refractivity contribution is 9.10. The summed E-state index contributed by atoms with van der Waals surface area (Å²) in [6.45, 7) is 3.57. The molecule has 0 aromatic heterocycles. The first kappa shape index (κ1) is 21.7. The summed E-state index contributed by atoms with van der Waals surface area (Å²) in [6, 6.07) is 6.04. The van der Waals surface area contributed by atoms with Crippen molar-refractivity contribution in [3.05, 3.63) is 34.3 Å². The number of hydrogen-bond acceptors (Lipinski definition) is 3. The fraction of sp³-hybridized carbons (Fsp3) is 0.600. The average Bonchev–Trinajstić information content (AvgIpc) is 2.44. The Morgan fingerprint density at radius 1 is 1.29 bits per heavy atom. The topological polar surface area (TPSA) is 55.3 Å². The molecule has 1 rings (SSSR count). The lowest BCUT2D eigenvalue weighted by atomic mass is 9.86. The first-order valence-corrected chi connectivity index (χ1v) is 9.02. The zero-order chi connectivity index (χ0) is 18.8. The molecule has 0 saturated carbocycles. The zero-order valence-corrected chi connectivity index (χ0v) is 15.9. The summed E-state index contributed by atoms with van der Waals surface area (Å²) in [5.41, 5.74) is -1.77. The lowest BCUT2D eigenvalue weighted by Gasteiger charge is -2.37. The molecule has 0 aliphatic carbocycles. The number of benzene rings is 1. The maximum absolute atomic E-state index is 13.9. The quantitative estimate of drug-likeness (QED) is 0.526. The summed E-state index contributed by atoms with van der Waals surface area (Å²) in [6.07, 6.45) is -8.65. The third kappa shape index (κ3) is 5.59. The van der Waals surface area contributed by atoms with Crippen molar-refractivity contribution in [1.29, 1.82) is 0 Å². The SMILES string of the molecule is CC(C)(C)[S+]([O-])N[C@@](CF)(C[C@H](O)C(F)(F)F)c1cccc(Br)c1. The van der Waals surface area contributed by atoms with Crippen molar-refractivity contribution in [3.63, 3.8) is 0 Å². The van der Waals surface area contributed by atoms with Crippen LogP contribution >= 0.6 is 15.9 Å². The predicted octanol–water partition coefficient (Wildman–Crippen LogP) is 3.98. The highest BCUT2D eigenvalue weighted by atomic mass is 79.9. The van der Waals surface area contributed by atoms with Gasteiger partial charge in [-0.25, -0.2) is 4.39 Å². The van der Waals surface area contributed by atoms with E-state index in [1.165, 1.54) is 18.2 Å². The van der Waals surface area contributed by atoms with E-state index in [1.54, 1.807) is 26.8 Å². The highest BCUT2D eigenvalue weighted by Gasteiger charge is 2.48. The standard InChI is InChI=1S/C15H20BrF4NO2S/c1-13(2,3)24(23)21-14(9-17,8-12(22)15(18,19)20)10-5-4-6-11(16)7-10/h4-7,12,21-22H,8-9H2,1-3H3/t12-,14+,24?/m0/s1. The van der Waals surface area contributed by atoms with Crippen LogP contribution in [0.2, 0.25) is 0 Å². The minimum atomic E-state index is -4.91. The second-order valence-corrected chi connectivity index (χ2v) is 9.35. The van der Waals surface area contributed by atoms with Crippen LogP contribution < -0.4 is 4.72 Å². The van der Waals surface area contributed by atoms with E-state index in [4.69, 9.17) is 0 Å². The number of aliphatic hydroxyl groups is 1. The summed E-state index contributed by atoms with van der Waals surface area (Å²) < 4.78 is 66.9. The maximum atomic E-state index is 13.9. The van der Waals surface area contributed by atoms with Gasteiger partial charge in [0, 0.05) is 22.3 Å². The van der Waals surface area contributed by atoms with Gasteiger partial charge in [-0.05, 0) is 38.5 Å². The van der Waals surface area contributed by atoms with Crippen molar-refractivity contribution in [2.75, 3.05) is 6.67 Å². The normalized spacial score (nSPS) is 18.1. The third-order valence-electron chi connectivity index (χ3n) is 3.37. The van der Waals surface area contributed by atoms with E-state index in [-0.39, 0.29) is 5.56 Å². The number of nitrogens with one attached hydrogen (secondary N) is 1. The van der Waals surface area contributed by atoms with Crippen molar-refractivity contribution in [1.82, 2.24) is 4.72 Å². The van der Waals surface area contributed by atoms with Crippen LogP contribution in [0, 0.1) is 0 Å². The number of alkyl halides is 4. The van der Waals surface area contributed by atoms with E-state index in [0.29, 0.717) is 4.47 Å². The van der Waals surface area contributed by atoms with Crippen LogP contribution in [0.4, 0.5) is 17.6 Å². The molecule has 24 heavy (non-hydrogen) atoms. The minimum Gasteiger partial charge on any atom is -0.598 e. The van der Waals surface area contributed by atoms with Crippen LogP contribution in [0.15, 0.2) is 28.7 Å². The maximum Gasteiger partial charge on any atom is 0.414 e. The van der Waals surface area contributed by atoms with Gasteiger partial charge in [0.2, 0.25) is 0 Å². The molecule has 0 bridgehead atoms. The van der Waals surface area contributed by atoms with Crippen molar-refractivity contribution < 1.29 is 27.2 Å². The van der Waals surface area contributed by atoms with Crippen LogP contribution in [-0.4, -0.2) is 33.4 Å². The second kappa shape index (κ2) is 7.90. The van der Waals surface area contributed by atoms with E-state index in [2.05, 4.69) is 20.7 Å². The Morgan fingerprint density at radius 3 is 2.29 bits per heavy atom. The van der Waals surface area contributed by atoms with Crippen LogP contribution in [0.5, 0.6) is 0 Å². The number of halogens is 5. The zero-order valence-electron chi connectivity index (χ0n) is 13.5. The first-order chi connectivity index (χ1) is 10.8. The van der Waals surface area contributed by atoms with Crippen LogP contribution in [0.1, 0.15) is 32.8 Å². The van der Waals surface area contributed by atoms with Crippen molar-refractivity contribution in [2.45, 2.75) is 49.8 Å². The molecule has 0 aliphatic heterocycles. The third-order valence-corrected chi connectivity index (χ3v) is 5.55. The number of aliphatic hydroxyl groups excluding tert-OH is 1. The predicted molar refractivity (Wildman–Crippen MR) is 89.5 cm³/mol. The van der Waals surface area contributed by atoms with Gasteiger partial charge in [0.1, 0.15) is 17.0 Å². The Bertz CT molecular complexity index is 529. The lowest BCUT2D eigenvalue weighted by molar-refractivity contribution is -0.210. The molecule has 0 saturated heterocycles. The lowest BCUT2D eigenvalue weighted by Crippen LogP contribution is -2.55. The van der Waals surface area contributed by atoms with E-state index in [9.17, 15) is 27.2 Å². The number of rotatable bonds is 6. The Morgan fingerprint density at radius 2 is 1.88 bits per heavy atom. The molecule has 1 aromatic rings. The summed E-state index contributed by atoms with van der Waals surface area (Å²) in [4.78, 5) is 0. The fourth-order valence-corrected chi connectivity index (χ4v) is 3.26. The second-order valence-electron chi connectivity index (χ2n) is 6.47. The average molecular weight is 434 g/mol. The molecule has 1 unspecified atom stereocenters. The number of hydrogen-bond donors (Lipinski definition) is 2. The van der Waals surface area contributed by atoms with Crippen molar-refractivity contribution >= 4 is 27.3 Å². The Hall–Kier alpha value is -0.350. The van der Waals surface area contributed by atoms with Gasteiger partial charge in [0.25, 0.3) is 0 Å². The summed E-state index contributed by atoms with van der Waals surface area (Å²) >= 11 is 1.34. The molecule has 1 aromatic carbocycles. The monoisotopic (exact) mass is 433 g/mol. The van der Waals surface area contributed by atoms with E-state index >= 15 is 0 Å². The molecule has 0 spiro atoms. The molecule has 0 radical (unpaired) electrons. The highest BCUT2D eigenvalue weighted by Crippen LogP contribution is 2.36. The summed E-state index contributed by atoms with van der Waals surface area (Å²) in [7, 11) is 0. The molecule has 9 heteroatoms. The van der Waals surface area contributed by atoms with Gasteiger partial charge in [-0.1, -0.05) is 28.1 Å². The Labute approximate surface area is 150 Å². The molecular weight excluding hydrogens is 414 g/mol. The fourth-order valence-electron chi connectivity index (χ4n) is 1.94. The molecule has 0 heterocycles. The Kier molecular flexibility index (Phi) is 7.14. The van der Waals surface area contributed by atoms with Crippen molar-refractivity contribution in [3.8, 4) is 0 Å². The van der Waals surface area contributed by atoms with E-state index in [1.807, 2.05) is 0 Å². The van der Waals surface area contributed by atoms with Gasteiger partial charge in [0.15, 0.2) is 6.10 Å². The molecular formula is C15H20BrF4NO2S. The largest absolute Gasteiger partial charge is 0.598 e. The van der Waals surface area contributed by atoms with Crippen LogP contribution in [0.25, 0.3) is 0 Å². The van der Waals surface area contributed by atoms with Gasteiger partial charge in [-0.3, -0.25) is 0 Å². The molecule has 0 amide bonds. The first-order valence-electron chi connectivity index (χ1n) is 7.08. The van der Waals surface area contributed by atoms with E-state index in [0.717, 1.165) is 0 Å². The van der Waals surface area contributed by atoms with Gasteiger partial charge >= 0.3 is 6.18 Å². The van der Waals surface area contributed by atoms with Gasteiger partial charge in [-0.15, -0.1) is 4.72 Å². The van der Waals surface area contributed by atoms with Gasteiger partial charge in [0.05, 0.1) is 0 Å². The molecule has 2 N–H and O–H groups in total. The smallest absolute Gasteiger partial charge is 0.414 e.